The number of unbranched alkanes of at least 4 members (excludes halogenated alkanes) is 6. The molecule has 32 heavy (non-hydrogen) atoms. The molecule has 0 spiro atoms. The van der Waals surface area contributed by atoms with Gasteiger partial charge in [-0.3, -0.25) is 0 Å². The van der Waals surface area contributed by atoms with Crippen LogP contribution in [0.3, 0.4) is 0 Å². The lowest BCUT2D eigenvalue weighted by atomic mass is 9.60. The lowest BCUT2D eigenvalue weighted by Gasteiger charge is -2.45. The van der Waals surface area contributed by atoms with E-state index in [0.29, 0.717) is 17.8 Å². The molecule has 0 N–H and O–H groups in total. The maximum absolute atomic E-state index is 13.9. The van der Waals surface area contributed by atoms with Gasteiger partial charge in [-0.05, 0) is 55.1 Å². The lowest BCUT2D eigenvalue weighted by Crippen LogP contribution is -2.38. The number of benzene rings is 1. The van der Waals surface area contributed by atoms with Gasteiger partial charge in [0, 0.05) is 17.1 Å². The number of hydrogen-bond acceptors (Lipinski definition) is 2. The van der Waals surface area contributed by atoms with Crippen LogP contribution in [0.5, 0.6) is 5.75 Å². The molecule has 0 saturated carbocycles. The second-order valence-electron chi connectivity index (χ2n) is 10.6. The molecular weight excluding hydrogens is 397 g/mol. The minimum absolute atomic E-state index is 0.269. The number of halogens is 1. The average molecular weight is 444 g/mol. The normalized spacial score (nSPS) is 12.5. The molecule has 180 valence electrons. The number of hydrogen-bond donors (Lipinski definition) is 0. The molecule has 3 heteroatoms. The van der Waals surface area contributed by atoms with Crippen LogP contribution in [-0.2, 0) is 0 Å². The summed E-state index contributed by atoms with van der Waals surface area (Å²) in [7, 11) is 0. The molecule has 0 amide bonds. The van der Waals surface area contributed by atoms with E-state index in [0.717, 1.165) is 47.2 Å². The zero-order chi connectivity index (χ0) is 23.7. The fraction of sp³-hybridized carbons (Fsp3) is 0.690. The molecular formula is C29H46FNO. The highest BCUT2D eigenvalue weighted by Crippen LogP contribution is 2.47. The number of pyridine rings is 1. The summed E-state index contributed by atoms with van der Waals surface area (Å²) in [6, 6.07) is 6.78. The number of fused-ring (bicyclic) bond motifs is 1. The van der Waals surface area contributed by atoms with Crippen molar-refractivity contribution in [1.82, 2.24) is 4.98 Å². The summed E-state index contributed by atoms with van der Waals surface area (Å²) in [5.41, 5.74) is 2.14. The van der Waals surface area contributed by atoms with Gasteiger partial charge in [-0.1, -0.05) is 86.1 Å². The zero-order valence-electron chi connectivity index (χ0n) is 21.6. The van der Waals surface area contributed by atoms with Gasteiger partial charge in [0.2, 0.25) is 0 Å². The van der Waals surface area contributed by atoms with Crippen molar-refractivity contribution >= 4 is 10.9 Å². The molecule has 0 aliphatic heterocycles. The standard InChI is InChI=1S/C29H46FNO/c1-21(2)29(22(3)4,23(5)6)17-13-11-9-8-10-12-14-18-32-27-20-26(30)19-25-16-15-24(7)31-28(25)27/h15-16,19-23H,8-14,17-18H2,1-7H3. The van der Waals surface area contributed by atoms with Crippen LogP contribution in [0.25, 0.3) is 10.9 Å². The molecule has 1 heterocycles. The average Bonchev–Trinajstić information content (AvgIpc) is 2.71. The van der Waals surface area contributed by atoms with Crippen LogP contribution in [0, 0.1) is 35.9 Å². The van der Waals surface area contributed by atoms with E-state index < -0.39 is 0 Å². The predicted molar refractivity (Wildman–Crippen MR) is 136 cm³/mol. The molecule has 0 saturated heterocycles. The molecule has 0 bridgehead atoms. The van der Waals surface area contributed by atoms with Gasteiger partial charge < -0.3 is 4.74 Å². The Morgan fingerprint density at radius 1 is 0.812 bits per heavy atom. The Morgan fingerprint density at radius 3 is 1.97 bits per heavy atom. The largest absolute Gasteiger partial charge is 0.491 e. The molecule has 0 aliphatic carbocycles. The molecule has 1 aromatic heterocycles. The summed E-state index contributed by atoms with van der Waals surface area (Å²) < 4.78 is 19.8. The Labute approximate surface area is 196 Å². The van der Waals surface area contributed by atoms with E-state index in [-0.39, 0.29) is 5.82 Å². The molecule has 2 aromatic rings. The fourth-order valence-electron chi connectivity index (χ4n) is 5.84. The van der Waals surface area contributed by atoms with Gasteiger partial charge in [-0.15, -0.1) is 0 Å². The van der Waals surface area contributed by atoms with E-state index >= 15 is 0 Å². The van der Waals surface area contributed by atoms with Crippen molar-refractivity contribution in [2.24, 2.45) is 23.2 Å². The van der Waals surface area contributed by atoms with Crippen LogP contribution in [0.4, 0.5) is 4.39 Å². The first-order valence-electron chi connectivity index (χ1n) is 12.9. The van der Waals surface area contributed by atoms with Gasteiger partial charge in [0.05, 0.1) is 6.61 Å². The van der Waals surface area contributed by atoms with Crippen LogP contribution in [0.1, 0.15) is 98.6 Å². The zero-order valence-corrected chi connectivity index (χ0v) is 21.6. The third-order valence-electron chi connectivity index (χ3n) is 7.60. The van der Waals surface area contributed by atoms with Crippen molar-refractivity contribution < 1.29 is 9.13 Å². The quantitative estimate of drug-likeness (QED) is 0.271. The third kappa shape index (κ3) is 6.93. The first-order valence-corrected chi connectivity index (χ1v) is 12.9. The highest BCUT2D eigenvalue weighted by molar-refractivity contribution is 5.84. The SMILES string of the molecule is Cc1ccc2cc(F)cc(OCCCCCCCCCC(C(C)C)(C(C)C)C(C)C)c2n1. The highest BCUT2D eigenvalue weighted by Gasteiger charge is 2.39. The van der Waals surface area contributed by atoms with Crippen LogP contribution >= 0.6 is 0 Å². The van der Waals surface area contributed by atoms with Crippen LogP contribution < -0.4 is 4.74 Å². The topological polar surface area (TPSA) is 22.1 Å². The first-order chi connectivity index (χ1) is 15.2. The minimum Gasteiger partial charge on any atom is -0.491 e. The lowest BCUT2D eigenvalue weighted by molar-refractivity contribution is 0.0356. The Morgan fingerprint density at radius 2 is 1.38 bits per heavy atom. The van der Waals surface area contributed by atoms with Gasteiger partial charge in [-0.2, -0.15) is 0 Å². The van der Waals surface area contributed by atoms with Crippen LogP contribution in [0.2, 0.25) is 0 Å². The van der Waals surface area contributed by atoms with Crippen LogP contribution in [-0.4, -0.2) is 11.6 Å². The number of ether oxygens (including phenoxy) is 1. The third-order valence-corrected chi connectivity index (χ3v) is 7.60. The maximum Gasteiger partial charge on any atom is 0.148 e. The second-order valence-corrected chi connectivity index (χ2v) is 10.6. The second kappa shape index (κ2) is 12.6. The van der Waals surface area contributed by atoms with Crippen molar-refractivity contribution in [3.05, 3.63) is 35.8 Å². The summed E-state index contributed by atoms with van der Waals surface area (Å²) in [6.07, 6.45) is 10.1. The van der Waals surface area contributed by atoms with Gasteiger partial charge in [0.15, 0.2) is 0 Å². The molecule has 1 aromatic carbocycles. The Kier molecular flexibility index (Phi) is 10.4. The minimum atomic E-state index is -0.269. The molecule has 0 aliphatic rings. The van der Waals surface area contributed by atoms with E-state index in [4.69, 9.17) is 4.74 Å². The van der Waals surface area contributed by atoms with Crippen molar-refractivity contribution in [3.8, 4) is 5.75 Å². The molecule has 0 radical (unpaired) electrons. The van der Waals surface area contributed by atoms with E-state index in [1.165, 1.54) is 50.7 Å². The summed E-state index contributed by atoms with van der Waals surface area (Å²) in [6.45, 7) is 17.0. The van der Waals surface area contributed by atoms with Gasteiger partial charge in [0.1, 0.15) is 17.1 Å². The smallest absolute Gasteiger partial charge is 0.148 e. The van der Waals surface area contributed by atoms with Gasteiger partial charge >= 0.3 is 0 Å². The molecule has 2 rings (SSSR count). The first kappa shape index (κ1) is 26.6. The Balaban J connectivity index is 1.65. The van der Waals surface area contributed by atoms with E-state index in [9.17, 15) is 4.39 Å². The number of aromatic nitrogens is 1. The molecule has 2 nitrogen and oxygen atoms in total. The van der Waals surface area contributed by atoms with E-state index in [1.54, 1.807) is 0 Å². The number of aryl methyl sites for hydroxylation is 1. The van der Waals surface area contributed by atoms with Crippen LogP contribution in [0.15, 0.2) is 24.3 Å². The Hall–Kier alpha value is -1.64. The van der Waals surface area contributed by atoms with Crippen molar-refractivity contribution in [2.75, 3.05) is 6.61 Å². The maximum atomic E-state index is 13.9. The fourth-order valence-corrected chi connectivity index (χ4v) is 5.84. The highest BCUT2D eigenvalue weighted by atomic mass is 19.1. The van der Waals surface area contributed by atoms with Crippen molar-refractivity contribution in [3.63, 3.8) is 0 Å². The van der Waals surface area contributed by atoms with E-state index in [1.807, 2.05) is 19.1 Å². The predicted octanol–water partition coefficient (Wildman–Crippen LogP) is 9.14. The van der Waals surface area contributed by atoms with Gasteiger partial charge in [0.25, 0.3) is 0 Å². The summed E-state index contributed by atoms with van der Waals surface area (Å²) in [4.78, 5) is 4.53. The summed E-state index contributed by atoms with van der Waals surface area (Å²) in [5.74, 6) is 2.49. The monoisotopic (exact) mass is 443 g/mol. The molecule has 0 unspecified atom stereocenters. The summed E-state index contributed by atoms with van der Waals surface area (Å²) in [5, 5.41) is 0.794. The molecule has 0 atom stereocenters. The van der Waals surface area contributed by atoms with Crippen molar-refractivity contribution in [2.45, 2.75) is 99.8 Å². The number of rotatable bonds is 14. The summed E-state index contributed by atoms with van der Waals surface area (Å²) >= 11 is 0. The van der Waals surface area contributed by atoms with E-state index in [2.05, 4.69) is 46.5 Å². The molecule has 0 fully saturated rings. The number of nitrogens with zero attached hydrogens (tertiary/aromatic N) is 1. The Bertz CT molecular complexity index is 805. The van der Waals surface area contributed by atoms with Crippen molar-refractivity contribution in [1.29, 1.82) is 0 Å². The van der Waals surface area contributed by atoms with Gasteiger partial charge in [-0.25, -0.2) is 9.37 Å².